The molecule has 0 spiro atoms. The highest BCUT2D eigenvalue weighted by Gasteiger charge is 2.45. The minimum absolute atomic E-state index is 0.0475. The number of carboxylic acids is 1. The van der Waals surface area contributed by atoms with Gasteiger partial charge in [-0.1, -0.05) is 13.0 Å². The van der Waals surface area contributed by atoms with Crippen molar-refractivity contribution in [2.75, 3.05) is 5.75 Å². The van der Waals surface area contributed by atoms with Gasteiger partial charge in [0.2, 0.25) is 10.0 Å². The molecule has 0 aromatic heterocycles. The Morgan fingerprint density at radius 1 is 1.57 bits per heavy atom. The molecule has 1 fully saturated rings. The molecule has 8 heteroatoms. The van der Waals surface area contributed by atoms with Gasteiger partial charge >= 0.3 is 5.97 Å². The second kappa shape index (κ2) is 6.05. The van der Waals surface area contributed by atoms with Crippen LogP contribution in [-0.4, -0.2) is 41.0 Å². The van der Waals surface area contributed by atoms with E-state index in [-0.39, 0.29) is 16.2 Å². The molecule has 0 saturated carbocycles. The van der Waals surface area contributed by atoms with Crippen molar-refractivity contribution >= 4 is 27.8 Å². The molecule has 1 aromatic carbocycles. The number of thioether (sulfide) groups is 1. The number of nitriles is 1. The summed E-state index contributed by atoms with van der Waals surface area (Å²) in [4.78, 5) is 11.3. The lowest BCUT2D eigenvalue weighted by molar-refractivity contribution is -0.140. The van der Waals surface area contributed by atoms with E-state index in [9.17, 15) is 18.3 Å². The standard InChI is InChI=1S/C13H14N2O4S2/c1-2-12-15(11(8-20-12)13(16)17)21(18,19)10-5-3-4-9(6-10)7-14/h3-6,11-12H,2,8H2,1H3,(H,16,17). The number of hydrogen-bond donors (Lipinski definition) is 1. The molecular weight excluding hydrogens is 312 g/mol. The van der Waals surface area contributed by atoms with Gasteiger partial charge in [0.15, 0.2) is 0 Å². The smallest absolute Gasteiger partial charge is 0.322 e. The predicted molar refractivity (Wildman–Crippen MR) is 78.1 cm³/mol. The highest BCUT2D eigenvalue weighted by molar-refractivity contribution is 8.01. The molecule has 112 valence electrons. The fourth-order valence-corrected chi connectivity index (χ4v) is 5.78. The van der Waals surface area contributed by atoms with E-state index in [1.165, 1.54) is 36.0 Å². The Morgan fingerprint density at radius 2 is 2.29 bits per heavy atom. The van der Waals surface area contributed by atoms with Gasteiger partial charge in [-0.3, -0.25) is 4.79 Å². The molecule has 1 aliphatic heterocycles. The van der Waals surface area contributed by atoms with Gasteiger partial charge in [-0.25, -0.2) is 8.42 Å². The van der Waals surface area contributed by atoms with Gasteiger partial charge in [0.1, 0.15) is 6.04 Å². The van der Waals surface area contributed by atoms with Crippen LogP contribution < -0.4 is 0 Å². The first-order valence-corrected chi connectivity index (χ1v) is 8.78. The SMILES string of the molecule is CCC1SCC(C(=O)O)N1S(=O)(=O)c1cccc(C#N)c1. The third-order valence-electron chi connectivity index (χ3n) is 3.21. The molecule has 1 saturated heterocycles. The lowest BCUT2D eigenvalue weighted by Gasteiger charge is -2.25. The molecule has 2 unspecified atom stereocenters. The van der Waals surface area contributed by atoms with Crippen LogP contribution in [-0.2, 0) is 14.8 Å². The second-order valence-electron chi connectivity index (χ2n) is 4.52. The Morgan fingerprint density at radius 3 is 2.86 bits per heavy atom. The Balaban J connectivity index is 2.49. The zero-order valence-corrected chi connectivity index (χ0v) is 12.9. The fourth-order valence-electron chi connectivity index (χ4n) is 2.20. The van der Waals surface area contributed by atoms with Crippen LogP contribution in [0.4, 0.5) is 0 Å². The normalized spacial score (nSPS) is 22.9. The summed E-state index contributed by atoms with van der Waals surface area (Å²) < 4.78 is 26.5. The number of sulfonamides is 1. The van der Waals surface area contributed by atoms with Crippen molar-refractivity contribution < 1.29 is 18.3 Å². The molecule has 0 aliphatic carbocycles. The molecule has 0 radical (unpaired) electrons. The first-order valence-electron chi connectivity index (χ1n) is 6.30. The molecule has 2 atom stereocenters. The minimum atomic E-state index is -3.95. The summed E-state index contributed by atoms with van der Waals surface area (Å²) in [5.74, 6) is -0.927. The number of aliphatic carboxylic acids is 1. The number of rotatable bonds is 4. The lowest BCUT2D eigenvalue weighted by atomic mass is 10.2. The van der Waals surface area contributed by atoms with Crippen LogP contribution in [0.15, 0.2) is 29.2 Å². The molecule has 0 bridgehead atoms. The van der Waals surface area contributed by atoms with Crippen molar-refractivity contribution in [2.45, 2.75) is 29.7 Å². The summed E-state index contributed by atoms with van der Waals surface area (Å²) in [6, 6.07) is 6.44. The number of carbonyl (C=O) groups is 1. The van der Waals surface area contributed by atoms with E-state index in [1.54, 1.807) is 0 Å². The summed E-state index contributed by atoms with van der Waals surface area (Å²) in [6.07, 6.45) is 0.519. The van der Waals surface area contributed by atoms with Gasteiger partial charge < -0.3 is 5.11 Å². The van der Waals surface area contributed by atoms with Crippen molar-refractivity contribution in [3.8, 4) is 6.07 Å². The monoisotopic (exact) mass is 326 g/mol. The summed E-state index contributed by atoms with van der Waals surface area (Å²) in [5.41, 5.74) is 0.225. The molecule has 21 heavy (non-hydrogen) atoms. The quantitative estimate of drug-likeness (QED) is 0.900. The topological polar surface area (TPSA) is 98.5 Å². The lowest BCUT2D eigenvalue weighted by Crippen LogP contribution is -2.45. The van der Waals surface area contributed by atoms with Crippen LogP contribution in [0.2, 0.25) is 0 Å². The molecule has 1 heterocycles. The molecule has 2 rings (SSSR count). The molecule has 1 aliphatic rings. The molecule has 6 nitrogen and oxygen atoms in total. The van der Waals surface area contributed by atoms with Gasteiger partial charge in [-0.15, -0.1) is 11.8 Å². The summed E-state index contributed by atoms with van der Waals surface area (Å²) in [6.45, 7) is 1.82. The van der Waals surface area contributed by atoms with Gasteiger partial charge in [0.25, 0.3) is 0 Å². The van der Waals surface area contributed by atoms with Crippen LogP contribution in [0.5, 0.6) is 0 Å². The first kappa shape index (κ1) is 15.8. The van der Waals surface area contributed by atoms with Crippen LogP contribution in [0.3, 0.4) is 0 Å². The van der Waals surface area contributed by atoms with Crippen molar-refractivity contribution in [3.63, 3.8) is 0 Å². The van der Waals surface area contributed by atoms with Gasteiger partial charge in [-0.05, 0) is 24.6 Å². The minimum Gasteiger partial charge on any atom is -0.480 e. The summed E-state index contributed by atoms with van der Waals surface area (Å²) in [5, 5.41) is 17.7. The van der Waals surface area contributed by atoms with Crippen molar-refractivity contribution in [1.29, 1.82) is 5.26 Å². The Labute approximate surface area is 127 Å². The van der Waals surface area contributed by atoms with E-state index >= 15 is 0 Å². The maximum Gasteiger partial charge on any atom is 0.322 e. The van der Waals surface area contributed by atoms with Crippen molar-refractivity contribution in [1.82, 2.24) is 4.31 Å². The highest BCUT2D eigenvalue weighted by Crippen LogP contribution is 2.36. The van der Waals surface area contributed by atoms with E-state index in [2.05, 4.69) is 0 Å². The van der Waals surface area contributed by atoms with E-state index in [0.29, 0.717) is 6.42 Å². The Kier molecular flexibility index (Phi) is 4.56. The van der Waals surface area contributed by atoms with Gasteiger partial charge in [-0.2, -0.15) is 9.57 Å². The number of hydrogen-bond acceptors (Lipinski definition) is 5. The average Bonchev–Trinajstić information content (AvgIpc) is 2.92. The third kappa shape index (κ3) is 2.90. The third-order valence-corrected chi connectivity index (χ3v) is 6.71. The van der Waals surface area contributed by atoms with E-state index in [1.807, 2.05) is 13.0 Å². The molecule has 1 N–H and O–H groups in total. The van der Waals surface area contributed by atoms with Crippen LogP contribution in [0.25, 0.3) is 0 Å². The van der Waals surface area contributed by atoms with E-state index in [0.717, 1.165) is 4.31 Å². The number of benzene rings is 1. The number of carboxylic acid groups (broad SMARTS) is 1. The second-order valence-corrected chi connectivity index (χ2v) is 7.58. The van der Waals surface area contributed by atoms with Crippen molar-refractivity contribution in [3.05, 3.63) is 29.8 Å². The molecular formula is C13H14N2O4S2. The summed E-state index contributed by atoms with van der Waals surface area (Å²) in [7, 11) is -3.95. The maximum absolute atomic E-state index is 12.7. The average molecular weight is 326 g/mol. The molecule has 1 aromatic rings. The fraction of sp³-hybridized carbons (Fsp3) is 0.385. The van der Waals surface area contributed by atoms with Crippen molar-refractivity contribution in [2.24, 2.45) is 0 Å². The first-order chi connectivity index (χ1) is 9.91. The predicted octanol–water partition coefficient (Wildman–Crippen LogP) is 1.49. The Bertz CT molecular complexity index is 696. The molecule has 0 amide bonds. The number of nitrogens with zero attached hydrogens (tertiary/aromatic N) is 2. The maximum atomic E-state index is 12.7. The highest BCUT2D eigenvalue weighted by atomic mass is 32.2. The largest absolute Gasteiger partial charge is 0.480 e. The van der Waals surface area contributed by atoms with E-state index < -0.39 is 27.4 Å². The van der Waals surface area contributed by atoms with Gasteiger partial charge in [0, 0.05) is 5.75 Å². The van der Waals surface area contributed by atoms with Crippen LogP contribution in [0, 0.1) is 11.3 Å². The summed E-state index contributed by atoms with van der Waals surface area (Å²) >= 11 is 1.32. The van der Waals surface area contributed by atoms with Gasteiger partial charge in [0.05, 0.1) is 21.9 Å². The Hall–Kier alpha value is -1.56. The van der Waals surface area contributed by atoms with E-state index in [4.69, 9.17) is 5.26 Å². The van der Waals surface area contributed by atoms with Crippen LogP contribution >= 0.6 is 11.8 Å². The zero-order valence-electron chi connectivity index (χ0n) is 11.3. The zero-order chi connectivity index (χ0) is 15.6. The van der Waals surface area contributed by atoms with Crippen LogP contribution in [0.1, 0.15) is 18.9 Å².